The van der Waals surface area contributed by atoms with E-state index in [2.05, 4.69) is 149 Å². The second kappa shape index (κ2) is 8.80. The number of hydrogen-bond donors (Lipinski definition) is 0. The van der Waals surface area contributed by atoms with Crippen molar-refractivity contribution in [1.82, 2.24) is 14.1 Å². The van der Waals surface area contributed by atoms with E-state index in [0.717, 1.165) is 16.9 Å². The average molecular weight is 552 g/mol. The van der Waals surface area contributed by atoms with Crippen molar-refractivity contribution < 1.29 is 0 Å². The highest BCUT2D eigenvalue weighted by atomic mass is 15.0. The first-order chi connectivity index (χ1) is 21.1. The van der Waals surface area contributed by atoms with Gasteiger partial charge in [-0.15, -0.1) is 0 Å². The minimum absolute atomic E-state index is 0.152. The third-order valence-electron chi connectivity index (χ3n) is 9.33. The second-order valence-electron chi connectivity index (χ2n) is 12.0. The van der Waals surface area contributed by atoms with Gasteiger partial charge in [0.2, 0.25) is 0 Å². The van der Waals surface area contributed by atoms with Gasteiger partial charge in [-0.1, -0.05) is 92.7 Å². The van der Waals surface area contributed by atoms with Crippen LogP contribution in [0.2, 0.25) is 0 Å². The van der Waals surface area contributed by atoms with Crippen LogP contribution in [0.3, 0.4) is 0 Å². The van der Waals surface area contributed by atoms with Gasteiger partial charge in [-0.05, 0) is 65.7 Å². The van der Waals surface area contributed by atoms with Gasteiger partial charge in [0.25, 0.3) is 0 Å². The number of hydrogen-bond acceptors (Lipinski definition) is 1. The summed E-state index contributed by atoms with van der Waals surface area (Å²) in [6.07, 6.45) is 1.86. The molecule has 1 aliphatic carbocycles. The van der Waals surface area contributed by atoms with Gasteiger partial charge in [0.1, 0.15) is 0 Å². The topological polar surface area (TPSA) is 22.8 Å². The van der Waals surface area contributed by atoms with Crippen molar-refractivity contribution >= 4 is 32.7 Å². The Kier molecular flexibility index (Phi) is 4.95. The fourth-order valence-corrected chi connectivity index (χ4v) is 7.53. The van der Waals surface area contributed by atoms with Crippen LogP contribution >= 0.6 is 0 Å². The van der Waals surface area contributed by atoms with Gasteiger partial charge < -0.3 is 9.13 Å². The summed E-state index contributed by atoms with van der Waals surface area (Å²) in [6.45, 7) is 4.78. The molecule has 43 heavy (non-hydrogen) atoms. The van der Waals surface area contributed by atoms with Crippen molar-refractivity contribution in [3.05, 3.63) is 151 Å². The van der Waals surface area contributed by atoms with Crippen LogP contribution in [0.25, 0.3) is 66.6 Å². The highest BCUT2D eigenvalue weighted by molar-refractivity contribution is 6.24. The molecule has 0 aliphatic heterocycles. The molecule has 3 aromatic heterocycles. The van der Waals surface area contributed by atoms with Crippen LogP contribution in [-0.4, -0.2) is 14.1 Å². The molecule has 5 aromatic carbocycles. The minimum atomic E-state index is -0.152. The Hall–Kier alpha value is -5.41. The summed E-state index contributed by atoms with van der Waals surface area (Å²) in [4.78, 5) is 4.63. The van der Waals surface area contributed by atoms with Crippen molar-refractivity contribution in [2.45, 2.75) is 19.3 Å². The number of benzene rings is 5. The lowest BCUT2D eigenvalue weighted by atomic mass is 9.81. The summed E-state index contributed by atoms with van der Waals surface area (Å²) >= 11 is 0. The molecule has 3 nitrogen and oxygen atoms in total. The van der Waals surface area contributed by atoms with Crippen LogP contribution in [0.4, 0.5) is 0 Å². The lowest BCUT2D eigenvalue weighted by Gasteiger charge is -2.21. The van der Waals surface area contributed by atoms with E-state index in [1.54, 1.807) is 0 Å². The van der Waals surface area contributed by atoms with Crippen molar-refractivity contribution in [3.63, 3.8) is 0 Å². The lowest BCUT2D eigenvalue weighted by molar-refractivity contribution is 0.666. The number of aromatic nitrogens is 3. The maximum Gasteiger partial charge on any atom is 0.0702 e. The number of fused-ring (bicyclic) bond motifs is 9. The van der Waals surface area contributed by atoms with Crippen LogP contribution in [0.15, 0.2) is 140 Å². The number of pyridine rings is 1. The molecule has 0 unspecified atom stereocenters. The first kappa shape index (κ1) is 24.2. The quantitative estimate of drug-likeness (QED) is 0.214. The Morgan fingerprint density at radius 2 is 1.28 bits per heavy atom. The Morgan fingerprint density at radius 3 is 2.12 bits per heavy atom. The second-order valence-corrected chi connectivity index (χ2v) is 12.0. The summed E-state index contributed by atoms with van der Waals surface area (Å²) in [5.41, 5.74) is 13.3. The largest absolute Gasteiger partial charge is 0.309 e. The average Bonchev–Trinajstić information content (AvgIpc) is 3.66. The molecule has 1 aliphatic rings. The molecule has 3 heteroatoms. The van der Waals surface area contributed by atoms with Gasteiger partial charge in [0.15, 0.2) is 0 Å². The summed E-state index contributed by atoms with van der Waals surface area (Å²) in [5.74, 6) is 0. The van der Waals surface area contributed by atoms with E-state index in [-0.39, 0.29) is 5.41 Å². The first-order valence-corrected chi connectivity index (χ1v) is 14.9. The monoisotopic (exact) mass is 551 g/mol. The Bertz CT molecular complexity index is 2360. The molecule has 0 radical (unpaired) electrons. The van der Waals surface area contributed by atoms with E-state index in [0.29, 0.717) is 0 Å². The Labute approximate surface area is 250 Å². The van der Waals surface area contributed by atoms with Gasteiger partial charge in [-0.25, -0.2) is 0 Å². The number of para-hydroxylation sites is 2. The zero-order chi connectivity index (χ0) is 28.7. The Morgan fingerprint density at radius 1 is 0.558 bits per heavy atom. The predicted octanol–water partition coefficient (Wildman–Crippen LogP) is 10.1. The van der Waals surface area contributed by atoms with Crippen LogP contribution < -0.4 is 0 Å². The van der Waals surface area contributed by atoms with Gasteiger partial charge in [0, 0.05) is 50.3 Å². The van der Waals surface area contributed by atoms with E-state index in [4.69, 9.17) is 0 Å². The highest BCUT2D eigenvalue weighted by Gasteiger charge is 2.41. The molecule has 0 bridgehead atoms. The first-order valence-electron chi connectivity index (χ1n) is 14.9. The summed E-state index contributed by atoms with van der Waals surface area (Å²) in [6, 6.07) is 48.1. The number of rotatable bonds is 3. The van der Waals surface area contributed by atoms with Crippen molar-refractivity contribution in [2.24, 2.45) is 0 Å². The van der Waals surface area contributed by atoms with E-state index >= 15 is 0 Å². The summed E-state index contributed by atoms with van der Waals surface area (Å²) < 4.78 is 4.92. The summed E-state index contributed by atoms with van der Waals surface area (Å²) in [5, 5.41) is 3.92. The fourth-order valence-electron chi connectivity index (χ4n) is 7.53. The fraction of sp³-hybridized carbons (Fsp3) is 0.0750. The molecule has 0 N–H and O–H groups in total. The molecule has 0 atom stereocenters. The van der Waals surface area contributed by atoms with Gasteiger partial charge in [0.05, 0.1) is 27.9 Å². The summed E-state index contributed by atoms with van der Waals surface area (Å²) in [7, 11) is 0. The van der Waals surface area contributed by atoms with Crippen LogP contribution in [-0.2, 0) is 5.41 Å². The molecule has 3 heterocycles. The molecule has 204 valence electrons. The molecular formula is C40H29N3. The SMILES string of the molecule is CC1(C)c2ccccc2-c2c1c1c3c4ccccc4n(-c4cccc(-c5ccccn5)c4)c3ccc1n2-c1ccccc1. The number of nitrogens with zero attached hydrogens (tertiary/aromatic N) is 3. The van der Waals surface area contributed by atoms with Crippen LogP contribution in [0.1, 0.15) is 25.0 Å². The van der Waals surface area contributed by atoms with Crippen molar-refractivity contribution in [2.75, 3.05) is 0 Å². The highest BCUT2D eigenvalue weighted by Crippen LogP contribution is 2.55. The maximum atomic E-state index is 4.63. The zero-order valence-corrected chi connectivity index (χ0v) is 24.1. The van der Waals surface area contributed by atoms with Crippen molar-refractivity contribution in [3.8, 4) is 33.9 Å². The normalized spacial score (nSPS) is 13.5. The van der Waals surface area contributed by atoms with Crippen LogP contribution in [0.5, 0.6) is 0 Å². The molecular weight excluding hydrogens is 522 g/mol. The standard InChI is InChI=1S/C40H29N3/c1-40(2)31-19-8-6-17-29(31)39-38(40)37-35(43(39)27-14-4-3-5-15-27)23-22-34-36(37)30-18-7-9-21-33(30)42(34)28-16-12-13-26(25-28)32-20-10-11-24-41-32/h3-25H,1-2H3. The molecule has 0 saturated carbocycles. The van der Waals surface area contributed by atoms with Gasteiger partial charge in [-0.3, -0.25) is 4.98 Å². The lowest BCUT2D eigenvalue weighted by Crippen LogP contribution is -2.14. The molecule has 0 fully saturated rings. The van der Waals surface area contributed by atoms with E-state index in [1.165, 1.54) is 60.8 Å². The Balaban J connectivity index is 1.44. The minimum Gasteiger partial charge on any atom is -0.309 e. The molecule has 0 saturated heterocycles. The van der Waals surface area contributed by atoms with E-state index in [9.17, 15) is 0 Å². The van der Waals surface area contributed by atoms with Gasteiger partial charge in [-0.2, -0.15) is 0 Å². The molecule has 0 spiro atoms. The molecule has 8 aromatic rings. The third-order valence-corrected chi connectivity index (χ3v) is 9.33. The zero-order valence-electron chi connectivity index (χ0n) is 24.1. The van der Waals surface area contributed by atoms with E-state index < -0.39 is 0 Å². The maximum absolute atomic E-state index is 4.63. The smallest absolute Gasteiger partial charge is 0.0702 e. The molecule has 9 rings (SSSR count). The third kappa shape index (κ3) is 3.28. The van der Waals surface area contributed by atoms with E-state index in [1.807, 2.05) is 18.3 Å². The van der Waals surface area contributed by atoms with Crippen molar-refractivity contribution in [1.29, 1.82) is 0 Å². The predicted molar refractivity (Wildman–Crippen MR) is 178 cm³/mol. The van der Waals surface area contributed by atoms with Gasteiger partial charge >= 0.3 is 0 Å². The van der Waals surface area contributed by atoms with Crippen LogP contribution in [0, 0.1) is 0 Å². The molecule has 0 amide bonds.